The number of halogens is 2. The van der Waals surface area contributed by atoms with E-state index in [1.165, 1.54) is 12.1 Å². The van der Waals surface area contributed by atoms with Gasteiger partial charge in [0.15, 0.2) is 11.5 Å². The molecule has 8 N–H and O–H groups in total. The molecular formula is C25H17Cl2Cu2N7O14S4. The van der Waals surface area contributed by atoms with Crippen molar-refractivity contribution in [1.82, 2.24) is 15.0 Å². The fourth-order valence-electron chi connectivity index (χ4n) is 4.36. The Labute approximate surface area is 335 Å². The first kappa shape index (κ1) is 44.6. The second-order valence-electron chi connectivity index (χ2n) is 10.1. The molecule has 5 rings (SSSR count). The van der Waals surface area contributed by atoms with Gasteiger partial charge in [0, 0.05) is 39.8 Å². The van der Waals surface area contributed by atoms with Crippen molar-refractivity contribution in [1.29, 1.82) is 0 Å². The summed E-state index contributed by atoms with van der Waals surface area (Å²) in [6.45, 7) is 0. The number of fused-ring (bicyclic) bond motifs is 1. The fraction of sp³-hybridized carbons (Fsp3) is 0. The first-order valence-corrected chi connectivity index (χ1v) is 19.7. The molecule has 54 heavy (non-hydrogen) atoms. The topological polar surface area (TPSA) is 342 Å². The molecule has 1 heterocycles. The molecule has 0 fully saturated rings. The largest absolute Gasteiger partial charge is 0.504 e. The van der Waals surface area contributed by atoms with E-state index in [0.717, 1.165) is 12.1 Å². The first-order chi connectivity index (χ1) is 23.9. The predicted molar refractivity (Wildman–Crippen MR) is 182 cm³/mol. The zero-order valence-electron chi connectivity index (χ0n) is 25.4. The van der Waals surface area contributed by atoms with E-state index in [9.17, 15) is 61.8 Å². The molecule has 0 unspecified atom stereocenters. The maximum Gasteiger partial charge on any atom is 0.296 e. The van der Waals surface area contributed by atoms with Crippen LogP contribution in [0, 0.1) is 0 Å². The summed E-state index contributed by atoms with van der Waals surface area (Å²) in [6, 6.07) is 7.33. The summed E-state index contributed by atoms with van der Waals surface area (Å²) in [5, 5.41) is 17.8. The number of hydrogen-bond donors (Lipinski definition) is 8. The summed E-state index contributed by atoms with van der Waals surface area (Å²) in [5.41, 5.74) is -1.41. The number of phenolic OH excluding ortho intramolecular Hbond substituents is 1. The number of Topliss-reactive ketones (excluding diaryl/α,β-unsaturated/α-hetero) is 1. The normalized spacial score (nSPS) is 13.9. The number of phenols is 1. The number of allylic oxidation sites excluding steroid dienone is 1. The Kier molecular flexibility index (Phi) is 13.3. The molecule has 2 radical (unpaired) electrons. The van der Waals surface area contributed by atoms with Crippen LogP contribution < -0.4 is 16.1 Å². The number of nitrogens with zero attached hydrogens (tertiary/aromatic N) is 4. The number of aromatic nitrogens is 3. The number of anilines is 5. The van der Waals surface area contributed by atoms with E-state index < -0.39 is 116 Å². The molecule has 0 spiro atoms. The van der Waals surface area contributed by atoms with Crippen LogP contribution in [-0.2, 0) is 74.6 Å². The van der Waals surface area contributed by atoms with Crippen molar-refractivity contribution in [3.8, 4) is 5.75 Å². The summed E-state index contributed by atoms with van der Waals surface area (Å²) in [6.07, 6.45) is 0.587. The third kappa shape index (κ3) is 10.1. The van der Waals surface area contributed by atoms with Crippen LogP contribution >= 0.6 is 23.2 Å². The molecule has 0 aliphatic heterocycles. The van der Waals surface area contributed by atoms with Crippen molar-refractivity contribution in [3.63, 3.8) is 0 Å². The number of carbonyl (C=O) groups is 1. The van der Waals surface area contributed by atoms with Crippen LogP contribution in [0.5, 0.6) is 5.75 Å². The van der Waals surface area contributed by atoms with Crippen LogP contribution in [-0.4, -0.2) is 83.4 Å². The van der Waals surface area contributed by atoms with E-state index >= 15 is 0 Å². The zero-order chi connectivity index (χ0) is 38.6. The number of benzene rings is 3. The second kappa shape index (κ2) is 16.1. The Morgan fingerprint density at radius 2 is 1.22 bits per heavy atom. The molecular weight excluding hydrogens is 949 g/mol. The molecule has 0 saturated heterocycles. The van der Waals surface area contributed by atoms with Gasteiger partial charge in [-0.05, 0) is 65.7 Å². The minimum atomic E-state index is -5.38. The van der Waals surface area contributed by atoms with E-state index in [-0.39, 0.29) is 45.8 Å². The average Bonchev–Trinajstić information content (AvgIpc) is 3.00. The average molecular weight is 966 g/mol. The van der Waals surface area contributed by atoms with Gasteiger partial charge in [-0.2, -0.15) is 53.7 Å². The van der Waals surface area contributed by atoms with Crippen molar-refractivity contribution in [3.05, 3.63) is 74.9 Å². The van der Waals surface area contributed by atoms with Crippen molar-refractivity contribution in [2.24, 2.45) is 5.10 Å². The van der Waals surface area contributed by atoms with Crippen molar-refractivity contribution < 1.29 is 95.9 Å². The van der Waals surface area contributed by atoms with Crippen LogP contribution in [0.15, 0.2) is 73.2 Å². The van der Waals surface area contributed by atoms with Gasteiger partial charge in [0.25, 0.3) is 40.5 Å². The zero-order valence-corrected chi connectivity index (χ0v) is 32.0. The molecule has 3 aromatic carbocycles. The van der Waals surface area contributed by atoms with Gasteiger partial charge in [-0.15, -0.1) is 0 Å². The van der Waals surface area contributed by atoms with Crippen molar-refractivity contribution in [2.75, 3.05) is 16.1 Å². The summed E-state index contributed by atoms with van der Waals surface area (Å²) in [7, 11) is -20.0. The van der Waals surface area contributed by atoms with Gasteiger partial charge in [-0.25, -0.2) is 0 Å². The maximum absolute atomic E-state index is 13.9. The minimum Gasteiger partial charge on any atom is -0.504 e. The molecule has 4 aromatic rings. The Hall–Kier alpha value is -3.79. The van der Waals surface area contributed by atoms with E-state index in [1.54, 1.807) is 0 Å². The summed E-state index contributed by atoms with van der Waals surface area (Å²) in [5.74, 6) is -3.15. The van der Waals surface area contributed by atoms with E-state index in [0.29, 0.717) is 30.3 Å². The van der Waals surface area contributed by atoms with Gasteiger partial charge in [-0.1, -0.05) is 17.7 Å². The van der Waals surface area contributed by atoms with Crippen LogP contribution in [0.2, 0.25) is 10.3 Å². The number of rotatable bonds is 10. The van der Waals surface area contributed by atoms with Gasteiger partial charge < -0.3 is 15.7 Å². The van der Waals surface area contributed by atoms with Crippen molar-refractivity contribution >= 4 is 110 Å². The Morgan fingerprint density at radius 3 is 1.80 bits per heavy atom. The molecule has 1 aliphatic rings. The van der Waals surface area contributed by atoms with Gasteiger partial charge in [0.1, 0.15) is 10.6 Å². The number of aromatic hydroxyl groups is 1. The molecule has 1 aromatic heterocycles. The van der Waals surface area contributed by atoms with Gasteiger partial charge in [-0.3, -0.25) is 28.4 Å². The van der Waals surface area contributed by atoms with Crippen LogP contribution in [0.3, 0.4) is 0 Å². The Balaban J connectivity index is 0.00000392. The minimum absolute atomic E-state index is 0. The Bertz CT molecular complexity index is 2740. The van der Waals surface area contributed by atoms with Gasteiger partial charge in [0.05, 0.1) is 31.0 Å². The van der Waals surface area contributed by atoms with Crippen LogP contribution in [0.1, 0.15) is 15.9 Å². The molecule has 0 atom stereocenters. The fourth-order valence-corrected chi connectivity index (χ4v) is 7.07. The van der Waals surface area contributed by atoms with Crippen LogP contribution in [0.25, 0.3) is 6.08 Å². The first-order valence-electron chi connectivity index (χ1n) is 13.2. The summed E-state index contributed by atoms with van der Waals surface area (Å²) >= 11 is 11.8. The molecule has 0 bridgehead atoms. The maximum atomic E-state index is 13.9. The molecule has 0 saturated carbocycles. The number of hydrogen-bond acceptors (Lipinski definition) is 17. The van der Waals surface area contributed by atoms with E-state index in [4.69, 9.17) is 23.2 Å². The van der Waals surface area contributed by atoms with Crippen LogP contribution in [0.4, 0.5) is 29.0 Å². The van der Waals surface area contributed by atoms with E-state index in [1.807, 2.05) is 5.43 Å². The predicted octanol–water partition coefficient (Wildman–Crippen LogP) is 3.00. The smallest absolute Gasteiger partial charge is 0.296 e. The molecule has 21 nitrogen and oxygen atoms in total. The molecule has 296 valence electrons. The number of hydrazone groups is 1. The Morgan fingerprint density at radius 1 is 0.667 bits per heavy atom. The third-order valence-electron chi connectivity index (χ3n) is 6.55. The number of nitrogens with one attached hydrogen (secondary N) is 3. The monoisotopic (exact) mass is 963 g/mol. The standard InChI is InChI=1S/C25H17Cl2N7O14S4.2Cu/c26-15-7-14(51(43,44)45)9-17(21(15)35)33-34-20-18(52(46,47)48)5-10-4-13(50(40,41)42)8-16(19(10)22(20)36)29-25-31-23(27)30-24(32-25)28-11-2-1-3-12(6-11)49(37,38)39;;/h1-9,33,35H,(H,37,38,39)(H,40,41,42)(H,43,44,45)(H,46,47,48)(H2,28,29,30,31,32);;. The van der Waals surface area contributed by atoms with E-state index in [2.05, 4.69) is 30.7 Å². The number of ketones is 1. The van der Waals surface area contributed by atoms with Crippen molar-refractivity contribution in [2.45, 2.75) is 14.7 Å². The summed E-state index contributed by atoms with van der Waals surface area (Å²) < 4.78 is 134. The third-order valence-corrected chi connectivity index (χ3v) is 10.4. The molecule has 0 amide bonds. The quantitative estimate of drug-likeness (QED) is 0.0490. The molecule has 29 heteroatoms. The summed E-state index contributed by atoms with van der Waals surface area (Å²) in [4.78, 5) is 22.0. The van der Waals surface area contributed by atoms with Gasteiger partial charge >= 0.3 is 0 Å². The number of carbonyl (C=O) groups excluding carboxylic acids is 1. The SMILES string of the molecule is O=C1C(=NNc2cc(S(=O)(=O)O)cc(Cl)c2O)C(S(=O)(=O)O)=Cc2cc(S(=O)(=O)O)cc(Nc3nc(Cl)nc(Nc4cccc(S(=O)(=O)O)c4)n3)c21.[Cu].[Cu]. The molecule has 1 aliphatic carbocycles. The van der Waals surface area contributed by atoms with Gasteiger partial charge in [0.2, 0.25) is 23.0 Å². The second-order valence-corrected chi connectivity index (χ2v) is 16.5.